The maximum absolute atomic E-state index is 12.4. The highest BCUT2D eigenvalue weighted by Crippen LogP contribution is 2.41. The third kappa shape index (κ3) is 4.17. The van der Waals surface area contributed by atoms with Crippen molar-refractivity contribution in [1.29, 1.82) is 0 Å². The molecule has 0 saturated heterocycles. The number of hydrogen-bond donors (Lipinski definition) is 2. The highest BCUT2D eigenvalue weighted by molar-refractivity contribution is 7.10. The predicted octanol–water partition coefficient (Wildman–Crippen LogP) is 3.95. The van der Waals surface area contributed by atoms with Crippen LogP contribution in [0, 0.1) is 0 Å². The van der Waals surface area contributed by atoms with Crippen LogP contribution in [0.4, 0.5) is 0 Å². The molecule has 3 aromatic rings. The molecule has 1 aromatic carbocycles. The molecule has 0 spiro atoms. The SMILES string of the molecule is CC1(C)Cc2cccc(OCC(=O)NCC(O)(c3ccsc3)c3cccs3)c2O1. The summed E-state index contributed by atoms with van der Waals surface area (Å²) in [5.74, 6) is 0.971. The molecule has 5 nitrogen and oxygen atoms in total. The molecule has 0 saturated carbocycles. The van der Waals surface area contributed by atoms with Crippen LogP contribution in [0.2, 0.25) is 0 Å². The summed E-state index contributed by atoms with van der Waals surface area (Å²) in [7, 11) is 0. The summed E-state index contributed by atoms with van der Waals surface area (Å²) in [6.45, 7) is 3.98. The van der Waals surface area contributed by atoms with Crippen molar-refractivity contribution in [3.63, 3.8) is 0 Å². The molecule has 2 N–H and O–H groups in total. The first-order chi connectivity index (χ1) is 13.9. The van der Waals surface area contributed by atoms with Gasteiger partial charge in [0, 0.05) is 22.4 Å². The first kappa shape index (κ1) is 19.9. The van der Waals surface area contributed by atoms with Gasteiger partial charge in [0.05, 0.1) is 6.54 Å². The Bertz CT molecular complexity index is 946. The zero-order valence-electron chi connectivity index (χ0n) is 16.3. The second-order valence-corrected chi connectivity index (χ2v) is 9.43. The Labute approximate surface area is 177 Å². The molecule has 0 bridgehead atoms. The summed E-state index contributed by atoms with van der Waals surface area (Å²) in [5.41, 5.74) is 0.312. The fraction of sp³-hybridized carbons (Fsp3) is 0.318. The first-order valence-electron chi connectivity index (χ1n) is 9.37. The van der Waals surface area contributed by atoms with Crippen LogP contribution in [0.15, 0.2) is 52.5 Å². The number of aliphatic hydroxyl groups is 1. The summed E-state index contributed by atoms with van der Waals surface area (Å²) < 4.78 is 11.7. The lowest BCUT2D eigenvalue weighted by Crippen LogP contribution is -2.42. The van der Waals surface area contributed by atoms with Crippen molar-refractivity contribution >= 4 is 28.6 Å². The molecule has 1 aliphatic heterocycles. The van der Waals surface area contributed by atoms with E-state index in [-0.39, 0.29) is 24.7 Å². The lowest BCUT2D eigenvalue weighted by molar-refractivity contribution is -0.124. The second kappa shape index (κ2) is 7.82. The maximum atomic E-state index is 12.4. The van der Waals surface area contributed by atoms with Gasteiger partial charge in [0.15, 0.2) is 18.1 Å². The summed E-state index contributed by atoms with van der Waals surface area (Å²) in [5, 5.41) is 19.8. The molecular weight excluding hydrogens is 406 g/mol. The molecule has 1 amide bonds. The highest BCUT2D eigenvalue weighted by atomic mass is 32.1. The zero-order chi connectivity index (χ0) is 20.5. The Balaban J connectivity index is 1.40. The molecule has 0 fully saturated rings. The second-order valence-electron chi connectivity index (χ2n) is 7.70. The van der Waals surface area contributed by atoms with Crippen LogP contribution >= 0.6 is 22.7 Å². The largest absolute Gasteiger partial charge is 0.483 e. The molecule has 7 heteroatoms. The van der Waals surface area contributed by atoms with Crippen LogP contribution in [0.25, 0.3) is 0 Å². The molecule has 4 rings (SSSR count). The van der Waals surface area contributed by atoms with Crippen molar-refractivity contribution in [2.45, 2.75) is 31.5 Å². The number of para-hydroxylation sites is 1. The van der Waals surface area contributed by atoms with Crippen LogP contribution < -0.4 is 14.8 Å². The van der Waals surface area contributed by atoms with Crippen molar-refractivity contribution in [2.24, 2.45) is 0 Å². The van der Waals surface area contributed by atoms with E-state index in [0.717, 1.165) is 22.4 Å². The minimum atomic E-state index is -1.26. The monoisotopic (exact) mass is 429 g/mol. The number of carbonyl (C=O) groups excluding carboxylic acids is 1. The number of rotatable bonds is 7. The van der Waals surface area contributed by atoms with Gasteiger partial charge in [0.1, 0.15) is 11.2 Å². The van der Waals surface area contributed by atoms with Gasteiger partial charge in [0.2, 0.25) is 0 Å². The quantitative estimate of drug-likeness (QED) is 0.597. The summed E-state index contributed by atoms with van der Waals surface area (Å²) >= 11 is 2.97. The van der Waals surface area contributed by atoms with Gasteiger partial charge in [-0.15, -0.1) is 11.3 Å². The zero-order valence-corrected chi connectivity index (χ0v) is 17.9. The van der Waals surface area contributed by atoms with Crippen LogP contribution in [-0.4, -0.2) is 29.8 Å². The molecule has 0 aliphatic carbocycles. The number of amides is 1. The van der Waals surface area contributed by atoms with Crippen molar-refractivity contribution in [2.75, 3.05) is 13.2 Å². The minimum Gasteiger partial charge on any atom is -0.483 e. The van der Waals surface area contributed by atoms with Crippen LogP contribution in [0.1, 0.15) is 29.9 Å². The van der Waals surface area contributed by atoms with Crippen LogP contribution in [-0.2, 0) is 16.8 Å². The van der Waals surface area contributed by atoms with Gasteiger partial charge >= 0.3 is 0 Å². The number of fused-ring (bicyclic) bond motifs is 1. The normalized spacial score (nSPS) is 16.5. The lowest BCUT2D eigenvalue weighted by Gasteiger charge is -2.27. The van der Waals surface area contributed by atoms with Crippen molar-refractivity contribution in [3.05, 3.63) is 68.5 Å². The Morgan fingerprint density at radius 3 is 2.86 bits per heavy atom. The average molecular weight is 430 g/mol. The van der Waals surface area contributed by atoms with Gasteiger partial charge in [-0.05, 0) is 48.2 Å². The lowest BCUT2D eigenvalue weighted by atomic mass is 9.94. The molecule has 1 unspecified atom stereocenters. The van der Waals surface area contributed by atoms with Gasteiger partial charge in [-0.2, -0.15) is 11.3 Å². The van der Waals surface area contributed by atoms with E-state index in [1.807, 2.05) is 60.3 Å². The fourth-order valence-electron chi connectivity index (χ4n) is 3.47. The van der Waals surface area contributed by atoms with Crippen molar-refractivity contribution in [3.8, 4) is 11.5 Å². The molecule has 152 valence electrons. The van der Waals surface area contributed by atoms with E-state index in [2.05, 4.69) is 5.32 Å². The van der Waals surface area contributed by atoms with Gasteiger partial charge in [-0.1, -0.05) is 18.2 Å². The summed E-state index contributed by atoms with van der Waals surface area (Å²) in [6, 6.07) is 11.4. The smallest absolute Gasteiger partial charge is 0.258 e. The van der Waals surface area contributed by atoms with Crippen molar-refractivity contribution in [1.82, 2.24) is 5.32 Å². The number of ether oxygens (including phenoxy) is 2. The third-order valence-corrected chi connectivity index (χ3v) is 6.59. The van der Waals surface area contributed by atoms with Crippen molar-refractivity contribution < 1.29 is 19.4 Å². The van der Waals surface area contributed by atoms with Gasteiger partial charge < -0.3 is 19.9 Å². The van der Waals surface area contributed by atoms with E-state index in [0.29, 0.717) is 11.5 Å². The average Bonchev–Trinajstić information content (AvgIpc) is 3.44. The van der Waals surface area contributed by atoms with Gasteiger partial charge in [-0.3, -0.25) is 4.79 Å². The Morgan fingerprint density at radius 1 is 1.28 bits per heavy atom. The molecule has 0 radical (unpaired) electrons. The standard InChI is InChI=1S/C22H23NO4S2/c1-21(2)11-15-5-3-6-17(20(15)27-21)26-12-19(24)23-14-22(25,16-8-10-28-13-16)18-7-4-9-29-18/h3-10,13,25H,11-12,14H2,1-2H3,(H,23,24). The Hall–Kier alpha value is -2.35. The fourth-order valence-corrected chi connectivity index (χ4v) is 5.04. The summed E-state index contributed by atoms with van der Waals surface area (Å²) in [4.78, 5) is 13.2. The van der Waals surface area contributed by atoms with E-state index in [4.69, 9.17) is 9.47 Å². The first-order valence-corrected chi connectivity index (χ1v) is 11.2. The highest BCUT2D eigenvalue weighted by Gasteiger charge is 2.34. The number of nitrogens with one attached hydrogen (secondary N) is 1. The predicted molar refractivity (Wildman–Crippen MR) is 115 cm³/mol. The molecular formula is C22H23NO4S2. The number of benzene rings is 1. The Morgan fingerprint density at radius 2 is 2.14 bits per heavy atom. The molecule has 1 atom stereocenters. The Kier molecular flexibility index (Phi) is 5.38. The third-order valence-electron chi connectivity index (χ3n) is 4.88. The van der Waals surface area contributed by atoms with E-state index < -0.39 is 5.60 Å². The summed E-state index contributed by atoms with van der Waals surface area (Å²) in [6.07, 6.45) is 0.806. The molecule has 3 heterocycles. The molecule has 2 aromatic heterocycles. The van der Waals surface area contributed by atoms with Gasteiger partial charge in [-0.25, -0.2) is 0 Å². The van der Waals surface area contributed by atoms with Crippen LogP contribution in [0.5, 0.6) is 11.5 Å². The topological polar surface area (TPSA) is 67.8 Å². The number of hydrogen-bond acceptors (Lipinski definition) is 6. The van der Waals surface area contributed by atoms with E-state index >= 15 is 0 Å². The number of thiophene rings is 2. The van der Waals surface area contributed by atoms with E-state index in [1.54, 1.807) is 6.07 Å². The van der Waals surface area contributed by atoms with E-state index in [1.165, 1.54) is 22.7 Å². The molecule has 29 heavy (non-hydrogen) atoms. The number of carbonyl (C=O) groups is 1. The van der Waals surface area contributed by atoms with Gasteiger partial charge in [0.25, 0.3) is 5.91 Å². The molecule has 1 aliphatic rings. The minimum absolute atomic E-state index is 0.0723. The maximum Gasteiger partial charge on any atom is 0.258 e. The van der Waals surface area contributed by atoms with Crippen LogP contribution in [0.3, 0.4) is 0 Å². The van der Waals surface area contributed by atoms with E-state index in [9.17, 15) is 9.90 Å².